The maximum Gasteiger partial charge on any atom is 0.247 e. The molecule has 0 bridgehead atoms. The smallest absolute Gasteiger partial charge is 0.247 e. The standard InChI is InChI=1S/C18H22FN3O2/c1-18(2)15(13-8-9-23-16(13)18)22(3)10-14-20-21-17(24-14)11-4-6-12(19)7-5-11/h4-7,13,15-16H,8-10H2,1-3H3/t13-,15-,16-/m1/s1. The summed E-state index contributed by atoms with van der Waals surface area (Å²) in [6.07, 6.45) is 1.48. The van der Waals surface area contributed by atoms with Crippen LogP contribution in [0.3, 0.4) is 0 Å². The average Bonchev–Trinajstić information content (AvgIpc) is 3.16. The number of fused-ring (bicyclic) bond motifs is 1. The first-order chi connectivity index (χ1) is 11.5. The lowest BCUT2D eigenvalue weighted by Crippen LogP contribution is -2.65. The molecular formula is C18H22FN3O2. The Morgan fingerprint density at radius 3 is 2.75 bits per heavy atom. The molecule has 1 saturated heterocycles. The van der Waals surface area contributed by atoms with E-state index in [0.29, 0.717) is 36.4 Å². The van der Waals surface area contributed by atoms with E-state index in [2.05, 4.69) is 36.0 Å². The van der Waals surface area contributed by atoms with E-state index >= 15 is 0 Å². The zero-order valence-corrected chi connectivity index (χ0v) is 14.2. The molecule has 0 amide bonds. The first-order valence-electron chi connectivity index (χ1n) is 8.37. The van der Waals surface area contributed by atoms with Crippen LogP contribution in [0.5, 0.6) is 0 Å². The van der Waals surface area contributed by atoms with Gasteiger partial charge in [-0.25, -0.2) is 4.39 Å². The summed E-state index contributed by atoms with van der Waals surface area (Å²) in [5.74, 6) is 1.31. The molecule has 2 heterocycles. The van der Waals surface area contributed by atoms with E-state index in [1.807, 2.05) is 0 Å². The molecule has 1 saturated carbocycles. The predicted octanol–water partition coefficient (Wildman–Crippen LogP) is 3.12. The Labute approximate surface area is 140 Å². The summed E-state index contributed by atoms with van der Waals surface area (Å²) < 4.78 is 24.6. The van der Waals surface area contributed by atoms with Gasteiger partial charge in [-0.1, -0.05) is 13.8 Å². The molecule has 1 aliphatic carbocycles. The van der Waals surface area contributed by atoms with Gasteiger partial charge in [-0.15, -0.1) is 10.2 Å². The van der Waals surface area contributed by atoms with Crippen molar-refractivity contribution in [3.63, 3.8) is 0 Å². The maximum atomic E-state index is 13.0. The third kappa shape index (κ3) is 2.45. The highest BCUT2D eigenvalue weighted by atomic mass is 19.1. The second kappa shape index (κ2) is 5.63. The van der Waals surface area contributed by atoms with Crippen molar-refractivity contribution >= 4 is 0 Å². The number of hydrogen-bond donors (Lipinski definition) is 0. The minimum atomic E-state index is -0.279. The van der Waals surface area contributed by atoms with Crippen LogP contribution in [-0.4, -0.2) is 40.9 Å². The minimum Gasteiger partial charge on any atom is -0.419 e. The SMILES string of the molecule is CN(Cc1nnc(-c2ccc(F)cc2)o1)[C@@H]1[C@H]2CCO[C@H]2C1(C)C. The molecule has 24 heavy (non-hydrogen) atoms. The quantitative estimate of drug-likeness (QED) is 0.861. The van der Waals surface area contributed by atoms with E-state index in [9.17, 15) is 4.39 Å². The van der Waals surface area contributed by atoms with Crippen LogP contribution >= 0.6 is 0 Å². The Kier molecular flexibility index (Phi) is 3.69. The van der Waals surface area contributed by atoms with Crippen LogP contribution in [0.2, 0.25) is 0 Å². The molecule has 1 aromatic heterocycles. The summed E-state index contributed by atoms with van der Waals surface area (Å²) in [6.45, 7) is 5.99. The fourth-order valence-electron chi connectivity index (χ4n) is 4.53. The Balaban J connectivity index is 1.47. The number of ether oxygens (including phenoxy) is 1. The molecule has 128 valence electrons. The van der Waals surface area contributed by atoms with E-state index in [4.69, 9.17) is 9.15 Å². The Morgan fingerprint density at radius 1 is 1.25 bits per heavy atom. The summed E-state index contributed by atoms with van der Waals surface area (Å²) in [5.41, 5.74) is 0.862. The van der Waals surface area contributed by atoms with Crippen molar-refractivity contribution in [3.8, 4) is 11.5 Å². The number of benzene rings is 1. The van der Waals surface area contributed by atoms with Crippen LogP contribution in [0.15, 0.2) is 28.7 Å². The minimum absolute atomic E-state index is 0.135. The van der Waals surface area contributed by atoms with Gasteiger partial charge in [-0.3, -0.25) is 4.90 Å². The lowest BCUT2D eigenvalue weighted by atomic mass is 9.57. The number of halogens is 1. The fraction of sp³-hybridized carbons (Fsp3) is 0.556. The van der Waals surface area contributed by atoms with Crippen molar-refractivity contribution < 1.29 is 13.5 Å². The van der Waals surface area contributed by atoms with Gasteiger partial charge in [0.15, 0.2) is 0 Å². The summed E-state index contributed by atoms with van der Waals surface area (Å²) in [4.78, 5) is 2.29. The number of nitrogens with zero attached hydrogens (tertiary/aromatic N) is 3. The number of hydrogen-bond acceptors (Lipinski definition) is 5. The highest BCUT2D eigenvalue weighted by Crippen LogP contribution is 2.54. The highest BCUT2D eigenvalue weighted by Gasteiger charge is 2.60. The van der Waals surface area contributed by atoms with Gasteiger partial charge in [-0.05, 0) is 37.7 Å². The van der Waals surface area contributed by atoms with Crippen molar-refractivity contribution in [1.82, 2.24) is 15.1 Å². The molecule has 3 atom stereocenters. The van der Waals surface area contributed by atoms with Crippen LogP contribution in [-0.2, 0) is 11.3 Å². The van der Waals surface area contributed by atoms with Gasteiger partial charge in [0.25, 0.3) is 0 Å². The third-order valence-corrected chi connectivity index (χ3v) is 5.46. The first-order valence-corrected chi connectivity index (χ1v) is 8.37. The van der Waals surface area contributed by atoms with E-state index in [0.717, 1.165) is 18.6 Å². The number of rotatable bonds is 4. The van der Waals surface area contributed by atoms with Crippen LogP contribution in [0.25, 0.3) is 11.5 Å². The van der Waals surface area contributed by atoms with Crippen molar-refractivity contribution in [2.24, 2.45) is 11.3 Å². The van der Waals surface area contributed by atoms with Gasteiger partial charge in [-0.2, -0.15) is 0 Å². The lowest BCUT2D eigenvalue weighted by molar-refractivity contribution is -0.152. The van der Waals surface area contributed by atoms with E-state index in [1.165, 1.54) is 12.1 Å². The normalized spacial score (nSPS) is 28.0. The monoisotopic (exact) mass is 331 g/mol. The zero-order chi connectivity index (χ0) is 16.9. The lowest BCUT2D eigenvalue weighted by Gasteiger charge is -2.57. The van der Waals surface area contributed by atoms with E-state index in [-0.39, 0.29) is 11.2 Å². The second-order valence-corrected chi connectivity index (χ2v) is 7.43. The van der Waals surface area contributed by atoms with Gasteiger partial charge in [0, 0.05) is 29.5 Å². The molecule has 0 unspecified atom stereocenters. The molecule has 2 aliphatic rings. The molecule has 2 fully saturated rings. The summed E-state index contributed by atoms with van der Waals surface area (Å²) in [7, 11) is 2.10. The predicted molar refractivity (Wildman–Crippen MR) is 86.6 cm³/mol. The van der Waals surface area contributed by atoms with Crippen molar-refractivity contribution in [3.05, 3.63) is 36.0 Å². The molecule has 6 heteroatoms. The van der Waals surface area contributed by atoms with Gasteiger partial charge >= 0.3 is 0 Å². The molecule has 2 aromatic rings. The van der Waals surface area contributed by atoms with Gasteiger partial charge in [0.2, 0.25) is 11.8 Å². The molecule has 5 nitrogen and oxygen atoms in total. The van der Waals surface area contributed by atoms with Crippen LogP contribution < -0.4 is 0 Å². The Morgan fingerprint density at radius 2 is 2.00 bits per heavy atom. The zero-order valence-electron chi connectivity index (χ0n) is 14.2. The Hall–Kier alpha value is -1.79. The van der Waals surface area contributed by atoms with E-state index < -0.39 is 0 Å². The molecule has 4 rings (SSSR count). The summed E-state index contributed by atoms with van der Waals surface area (Å²) in [6, 6.07) is 6.52. The first kappa shape index (κ1) is 15.7. The molecule has 0 radical (unpaired) electrons. The molecule has 1 aromatic carbocycles. The average molecular weight is 331 g/mol. The van der Waals surface area contributed by atoms with Crippen LogP contribution in [0.4, 0.5) is 4.39 Å². The second-order valence-electron chi connectivity index (χ2n) is 7.43. The molecule has 0 spiro atoms. The maximum absolute atomic E-state index is 13.0. The largest absolute Gasteiger partial charge is 0.419 e. The molecule has 1 aliphatic heterocycles. The van der Waals surface area contributed by atoms with E-state index in [1.54, 1.807) is 12.1 Å². The van der Waals surface area contributed by atoms with Gasteiger partial charge in [0.05, 0.1) is 12.6 Å². The van der Waals surface area contributed by atoms with Crippen molar-refractivity contribution in [2.75, 3.05) is 13.7 Å². The molecular weight excluding hydrogens is 309 g/mol. The summed E-state index contributed by atoms with van der Waals surface area (Å²) >= 11 is 0. The fourth-order valence-corrected chi connectivity index (χ4v) is 4.53. The van der Waals surface area contributed by atoms with Crippen LogP contribution in [0.1, 0.15) is 26.2 Å². The Bertz CT molecular complexity index is 728. The van der Waals surface area contributed by atoms with Crippen molar-refractivity contribution in [1.29, 1.82) is 0 Å². The molecule has 0 N–H and O–H groups in total. The number of aromatic nitrogens is 2. The third-order valence-electron chi connectivity index (χ3n) is 5.46. The van der Waals surface area contributed by atoms with Crippen LogP contribution in [0, 0.1) is 17.2 Å². The summed E-state index contributed by atoms with van der Waals surface area (Å²) in [5, 5.41) is 8.23. The van der Waals surface area contributed by atoms with Gasteiger partial charge in [0.1, 0.15) is 5.82 Å². The van der Waals surface area contributed by atoms with Crippen molar-refractivity contribution in [2.45, 2.75) is 39.0 Å². The highest BCUT2D eigenvalue weighted by molar-refractivity contribution is 5.51. The topological polar surface area (TPSA) is 51.4 Å². The van der Waals surface area contributed by atoms with Gasteiger partial charge < -0.3 is 9.15 Å².